The van der Waals surface area contributed by atoms with Crippen molar-refractivity contribution in [2.24, 2.45) is 0 Å². The van der Waals surface area contributed by atoms with Gasteiger partial charge in [0.05, 0.1) is 17.8 Å². The molecule has 1 atom stereocenters. The molecule has 5 nitrogen and oxygen atoms in total. The third-order valence-electron chi connectivity index (χ3n) is 3.13. The smallest absolute Gasteiger partial charge is 0.123 e. The van der Waals surface area contributed by atoms with Gasteiger partial charge in [-0.2, -0.15) is 5.10 Å². The normalized spacial score (nSPS) is 13.7. The Morgan fingerprint density at radius 3 is 2.74 bits per heavy atom. The van der Waals surface area contributed by atoms with E-state index in [-0.39, 0.29) is 11.6 Å². The van der Waals surface area contributed by atoms with Crippen LogP contribution >= 0.6 is 0 Å². The largest absolute Gasteiger partial charge is 0.347 e. The fraction of sp³-hybridized carbons (Fsp3) is 0.571. The van der Waals surface area contributed by atoms with E-state index in [0.29, 0.717) is 0 Å². The summed E-state index contributed by atoms with van der Waals surface area (Å²) in [7, 11) is 0. The first-order chi connectivity index (χ1) is 9.00. The molecule has 2 rings (SSSR count). The quantitative estimate of drug-likeness (QED) is 0.869. The van der Waals surface area contributed by atoms with Crippen molar-refractivity contribution in [3.63, 3.8) is 0 Å². The lowest BCUT2D eigenvalue weighted by atomic mass is 10.1. The van der Waals surface area contributed by atoms with E-state index >= 15 is 0 Å². The Kier molecular flexibility index (Phi) is 4.04. The molecule has 2 N–H and O–H groups in total. The Morgan fingerprint density at radius 1 is 1.42 bits per heavy atom. The summed E-state index contributed by atoms with van der Waals surface area (Å²) in [4.78, 5) is 7.46. The molecule has 2 heterocycles. The van der Waals surface area contributed by atoms with Gasteiger partial charge in [0.1, 0.15) is 5.82 Å². The first-order valence-corrected chi connectivity index (χ1v) is 6.77. The predicted molar refractivity (Wildman–Crippen MR) is 75.7 cm³/mol. The van der Waals surface area contributed by atoms with Crippen LogP contribution in [-0.4, -0.2) is 19.7 Å². The van der Waals surface area contributed by atoms with Gasteiger partial charge in [0, 0.05) is 30.7 Å². The minimum atomic E-state index is 0.0312. The molecule has 0 radical (unpaired) electrons. The highest BCUT2D eigenvalue weighted by molar-refractivity contribution is 5.06. The second-order valence-electron chi connectivity index (χ2n) is 5.78. The Balaban J connectivity index is 1.96. The summed E-state index contributed by atoms with van der Waals surface area (Å²) >= 11 is 0. The molecule has 0 spiro atoms. The fourth-order valence-corrected chi connectivity index (χ4v) is 1.96. The zero-order chi connectivity index (χ0) is 13.9. The summed E-state index contributed by atoms with van der Waals surface area (Å²) in [5.74, 6) is 0.991. The Bertz CT molecular complexity index is 492. The van der Waals surface area contributed by atoms with Crippen molar-refractivity contribution in [2.45, 2.75) is 52.2 Å². The maximum Gasteiger partial charge on any atom is 0.123 e. The van der Waals surface area contributed by atoms with Crippen LogP contribution in [0.5, 0.6) is 0 Å². The Hall–Kier alpha value is -1.62. The number of aromatic nitrogens is 4. The Labute approximate surface area is 114 Å². The van der Waals surface area contributed by atoms with Crippen LogP contribution in [0.2, 0.25) is 0 Å². The van der Waals surface area contributed by atoms with E-state index in [1.165, 1.54) is 5.56 Å². The molecule has 0 bridgehead atoms. The lowest BCUT2D eigenvalue weighted by molar-refractivity contribution is 0.355. The maximum absolute atomic E-state index is 4.41. The van der Waals surface area contributed by atoms with Crippen LogP contribution in [0.25, 0.3) is 0 Å². The summed E-state index contributed by atoms with van der Waals surface area (Å²) in [5, 5.41) is 7.91. The minimum Gasteiger partial charge on any atom is -0.347 e. The van der Waals surface area contributed by atoms with Crippen molar-refractivity contribution in [1.29, 1.82) is 0 Å². The number of imidazole rings is 1. The first-order valence-electron chi connectivity index (χ1n) is 6.77. The van der Waals surface area contributed by atoms with Crippen LogP contribution in [0.3, 0.4) is 0 Å². The van der Waals surface area contributed by atoms with Crippen LogP contribution in [0.4, 0.5) is 0 Å². The van der Waals surface area contributed by atoms with Crippen LogP contribution in [-0.2, 0) is 12.1 Å². The molecular weight excluding hydrogens is 238 g/mol. The lowest BCUT2D eigenvalue weighted by Gasteiger charge is -2.18. The molecule has 0 aliphatic heterocycles. The standard InChI is InChI=1S/C14H23N5/c1-5-12(13-15-6-7-16-13)17-8-11-9-18-19(10-11)14(2,3)4/h6-7,9-10,12,17H,5,8H2,1-4H3,(H,15,16). The number of nitrogens with one attached hydrogen (secondary N) is 2. The van der Waals surface area contributed by atoms with Crippen LogP contribution in [0.1, 0.15) is 51.5 Å². The second kappa shape index (κ2) is 5.57. The van der Waals surface area contributed by atoms with Gasteiger partial charge in [0.15, 0.2) is 0 Å². The summed E-state index contributed by atoms with van der Waals surface area (Å²) in [6.07, 6.45) is 8.67. The highest BCUT2D eigenvalue weighted by atomic mass is 15.3. The molecule has 2 aromatic heterocycles. The minimum absolute atomic E-state index is 0.0312. The average molecular weight is 261 g/mol. The van der Waals surface area contributed by atoms with Gasteiger partial charge < -0.3 is 10.3 Å². The second-order valence-corrected chi connectivity index (χ2v) is 5.78. The summed E-state index contributed by atoms with van der Waals surface area (Å²) in [6, 6.07) is 0.257. The topological polar surface area (TPSA) is 58.5 Å². The number of nitrogens with zero attached hydrogens (tertiary/aromatic N) is 3. The van der Waals surface area contributed by atoms with Gasteiger partial charge in [0.25, 0.3) is 0 Å². The van der Waals surface area contributed by atoms with Gasteiger partial charge in [-0.05, 0) is 27.2 Å². The summed E-state index contributed by atoms with van der Waals surface area (Å²) in [6.45, 7) is 9.40. The lowest BCUT2D eigenvalue weighted by Crippen LogP contribution is -2.23. The highest BCUT2D eigenvalue weighted by Crippen LogP contribution is 2.15. The SMILES string of the molecule is CCC(NCc1cnn(C(C)(C)C)c1)c1ncc[nH]1. The molecule has 2 aromatic rings. The molecule has 19 heavy (non-hydrogen) atoms. The van der Waals surface area contributed by atoms with Gasteiger partial charge in [-0.3, -0.25) is 4.68 Å². The van der Waals surface area contributed by atoms with Crippen molar-refractivity contribution in [3.05, 3.63) is 36.2 Å². The molecule has 0 aromatic carbocycles. The van der Waals surface area contributed by atoms with Crippen molar-refractivity contribution in [1.82, 2.24) is 25.1 Å². The van der Waals surface area contributed by atoms with Crippen molar-refractivity contribution in [3.8, 4) is 0 Å². The van der Waals surface area contributed by atoms with Crippen LogP contribution in [0.15, 0.2) is 24.8 Å². The summed E-state index contributed by atoms with van der Waals surface area (Å²) < 4.78 is 2.00. The molecule has 0 saturated carbocycles. The van der Waals surface area contributed by atoms with Crippen molar-refractivity contribution in [2.75, 3.05) is 0 Å². The number of aromatic amines is 1. The molecule has 104 valence electrons. The van der Waals surface area contributed by atoms with Gasteiger partial charge in [-0.15, -0.1) is 0 Å². The molecule has 0 amide bonds. The van der Waals surface area contributed by atoms with Gasteiger partial charge in [-0.25, -0.2) is 4.98 Å². The first kappa shape index (κ1) is 13.8. The monoisotopic (exact) mass is 261 g/mol. The number of H-pyrrole nitrogens is 1. The maximum atomic E-state index is 4.41. The third kappa shape index (κ3) is 3.44. The molecule has 5 heteroatoms. The zero-order valence-corrected chi connectivity index (χ0v) is 12.1. The molecule has 0 fully saturated rings. The average Bonchev–Trinajstić information content (AvgIpc) is 2.99. The zero-order valence-electron chi connectivity index (χ0n) is 12.1. The van der Waals surface area contributed by atoms with E-state index in [4.69, 9.17) is 0 Å². The molecule has 0 aliphatic rings. The number of hydrogen-bond donors (Lipinski definition) is 2. The van der Waals surface area contributed by atoms with E-state index in [9.17, 15) is 0 Å². The summed E-state index contributed by atoms with van der Waals surface area (Å²) in [5.41, 5.74) is 1.23. The molecule has 1 unspecified atom stereocenters. The fourth-order valence-electron chi connectivity index (χ4n) is 1.96. The number of hydrogen-bond acceptors (Lipinski definition) is 3. The third-order valence-corrected chi connectivity index (χ3v) is 3.13. The Morgan fingerprint density at radius 2 is 2.21 bits per heavy atom. The molecular formula is C14H23N5. The van der Waals surface area contributed by atoms with E-state index in [2.05, 4.69) is 54.3 Å². The number of rotatable bonds is 5. The van der Waals surface area contributed by atoms with Gasteiger partial charge >= 0.3 is 0 Å². The van der Waals surface area contributed by atoms with Crippen molar-refractivity contribution < 1.29 is 0 Å². The molecule has 0 saturated heterocycles. The van der Waals surface area contributed by atoms with Gasteiger partial charge in [-0.1, -0.05) is 6.92 Å². The van der Waals surface area contributed by atoms with E-state index < -0.39 is 0 Å². The molecule has 0 aliphatic carbocycles. The predicted octanol–water partition coefficient (Wildman–Crippen LogP) is 2.60. The van der Waals surface area contributed by atoms with Crippen LogP contribution in [0, 0.1) is 0 Å². The van der Waals surface area contributed by atoms with Gasteiger partial charge in [0.2, 0.25) is 0 Å². The highest BCUT2D eigenvalue weighted by Gasteiger charge is 2.15. The van der Waals surface area contributed by atoms with E-state index in [0.717, 1.165) is 18.8 Å². The van der Waals surface area contributed by atoms with E-state index in [1.54, 1.807) is 6.20 Å². The van der Waals surface area contributed by atoms with E-state index in [1.807, 2.05) is 17.1 Å². The van der Waals surface area contributed by atoms with Crippen molar-refractivity contribution >= 4 is 0 Å². The van der Waals surface area contributed by atoms with Crippen LogP contribution < -0.4 is 5.32 Å².